The number of fused-ring (bicyclic) bond motifs is 1. The maximum Gasteiger partial charge on any atom is 0.235 e. The summed E-state index contributed by atoms with van der Waals surface area (Å²) in [5.41, 5.74) is 4.35. The summed E-state index contributed by atoms with van der Waals surface area (Å²) in [4.78, 5) is 14.0. The normalized spacial score (nSPS) is 14.5. The molecular weight excluding hydrogens is 481 g/mol. The Hall–Kier alpha value is -3.38. The molecule has 6 heteroatoms. The lowest BCUT2D eigenvalue weighted by Crippen LogP contribution is -2.04. The summed E-state index contributed by atoms with van der Waals surface area (Å²) in [6.45, 7) is 10.5. The summed E-state index contributed by atoms with van der Waals surface area (Å²) >= 11 is 1.54. The van der Waals surface area contributed by atoms with Gasteiger partial charge in [-0.15, -0.1) is 11.3 Å². The van der Waals surface area contributed by atoms with Gasteiger partial charge in [0.2, 0.25) is 5.88 Å². The third-order valence-electron chi connectivity index (χ3n) is 5.72. The minimum atomic E-state index is -0.119. The van der Waals surface area contributed by atoms with Gasteiger partial charge in [0.15, 0.2) is 5.82 Å². The van der Waals surface area contributed by atoms with Crippen molar-refractivity contribution in [2.75, 3.05) is 0 Å². The molecule has 1 aromatic carbocycles. The van der Waals surface area contributed by atoms with Crippen LogP contribution in [-0.2, 0) is 6.61 Å². The molecular formula is C31H36FN3OS. The zero-order chi connectivity index (χ0) is 26.6. The van der Waals surface area contributed by atoms with Gasteiger partial charge in [0.05, 0.1) is 5.52 Å². The maximum absolute atomic E-state index is 14.7. The third kappa shape index (κ3) is 6.89. The second kappa shape index (κ2) is 14.4. The number of thiophene rings is 1. The minimum absolute atomic E-state index is 0.0622. The van der Waals surface area contributed by atoms with E-state index in [0.29, 0.717) is 24.0 Å². The molecule has 0 aliphatic heterocycles. The number of halogens is 1. The molecule has 0 amide bonds. The molecule has 0 bridgehead atoms. The van der Waals surface area contributed by atoms with E-state index in [0.717, 1.165) is 46.2 Å². The van der Waals surface area contributed by atoms with Crippen LogP contribution in [-0.4, -0.2) is 15.0 Å². The molecule has 3 aromatic heterocycles. The van der Waals surface area contributed by atoms with E-state index in [4.69, 9.17) is 14.7 Å². The first kappa shape index (κ1) is 28.2. The number of pyridine rings is 1. The lowest BCUT2D eigenvalue weighted by Gasteiger charge is -2.17. The fourth-order valence-corrected chi connectivity index (χ4v) is 5.04. The summed E-state index contributed by atoms with van der Waals surface area (Å²) in [5, 5.41) is 2.06. The number of ether oxygens (including phenoxy) is 1. The molecule has 4 aromatic rings. The van der Waals surface area contributed by atoms with E-state index in [2.05, 4.69) is 17.3 Å². The van der Waals surface area contributed by atoms with Gasteiger partial charge in [-0.2, -0.15) is 4.98 Å². The van der Waals surface area contributed by atoms with E-state index in [1.54, 1.807) is 23.6 Å². The van der Waals surface area contributed by atoms with Crippen LogP contribution in [0.5, 0.6) is 5.88 Å². The summed E-state index contributed by atoms with van der Waals surface area (Å²) in [5.74, 6) is 0.858. The van der Waals surface area contributed by atoms with Gasteiger partial charge in [0.25, 0.3) is 0 Å². The van der Waals surface area contributed by atoms with Crippen LogP contribution in [0.2, 0.25) is 0 Å². The number of allylic oxidation sites excluding steroid dienone is 4. The predicted octanol–water partition coefficient (Wildman–Crippen LogP) is 9.45. The van der Waals surface area contributed by atoms with Crippen molar-refractivity contribution in [3.8, 4) is 17.4 Å². The van der Waals surface area contributed by atoms with Crippen LogP contribution in [0.1, 0.15) is 70.9 Å². The van der Waals surface area contributed by atoms with Crippen molar-refractivity contribution >= 4 is 21.6 Å². The number of hydrogen-bond donors (Lipinski definition) is 0. The van der Waals surface area contributed by atoms with Crippen LogP contribution in [0, 0.1) is 0 Å². The monoisotopic (exact) mass is 517 g/mol. The molecule has 0 saturated carbocycles. The Bertz CT molecular complexity index is 1320. The van der Waals surface area contributed by atoms with Crippen molar-refractivity contribution in [3.05, 3.63) is 94.8 Å². The van der Waals surface area contributed by atoms with Crippen LogP contribution in [0.15, 0.2) is 83.7 Å². The minimum Gasteiger partial charge on any atom is -0.472 e. The number of benzene rings is 1. The Morgan fingerprint density at radius 1 is 1.00 bits per heavy atom. The van der Waals surface area contributed by atoms with Crippen molar-refractivity contribution in [1.82, 2.24) is 15.0 Å². The fourth-order valence-electron chi connectivity index (χ4n) is 4.03. The highest BCUT2D eigenvalue weighted by molar-refractivity contribution is 7.17. The van der Waals surface area contributed by atoms with Gasteiger partial charge in [0, 0.05) is 12.1 Å². The van der Waals surface area contributed by atoms with E-state index in [9.17, 15) is 4.39 Å². The Morgan fingerprint density at radius 2 is 1.76 bits per heavy atom. The average Bonchev–Trinajstić information content (AvgIpc) is 3.40. The van der Waals surface area contributed by atoms with Crippen molar-refractivity contribution < 1.29 is 9.13 Å². The first-order chi connectivity index (χ1) is 18.2. The van der Waals surface area contributed by atoms with Gasteiger partial charge >= 0.3 is 0 Å². The quantitative estimate of drug-likeness (QED) is 0.245. The Balaban J connectivity index is 0.000000907. The second-order valence-electron chi connectivity index (χ2n) is 8.05. The lowest BCUT2D eigenvalue weighted by atomic mass is 9.89. The number of hydrogen-bond acceptors (Lipinski definition) is 5. The number of aromatic nitrogens is 3. The van der Waals surface area contributed by atoms with Crippen LogP contribution in [0.25, 0.3) is 21.7 Å². The zero-order valence-corrected chi connectivity index (χ0v) is 23.2. The van der Waals surface area contributed by atoms with E-state index >= 15 is 0 Å². The largest absolute Gasteiger partial charge is 0.472 e. The Labute approximate surface area is 224 Å². The van der Waals surface area contributed by atoms with Gasteiger partial charge in [-0.3, -0.25) is 4.98 Å². The summed E-state index contributed by atoms with van der Waals surface area (Å²) in [6.07, 6.45) is 7.95. The SMILES string of the molecule is CC.CC.CCCC1=CCC(c2csc3c(OCc4ccccc4)nc(-c4ccccn4)nc23)C=C1F. The van der Waals surface area contributed by atoms with Gasteiger partial charge in [-0.25, -0.2) is 9.37 Å². The van der Waals surface area contributed by atoms with Gasteiger partial charge in [0.1, 0.15) is 22.8 Å². The predicted molar refractivity (Wildman–Crippen MR) is 154 cm³/mol. The van der Waals surface area contributed by atoms with Gasteiger partial charge in [-0.05, 0) is 53.1 Å². The number of nitrogens with zero attached hydrogens (tertiary/aromatic N) is 3. The summed E-state index contributed by atoms with van der Waals surface area (Å²) < 4.78 is 21.8. The van der Waals surface area contributed by atoms with E-state index in [1.807, 2.05) is 82.3 Å². The second-order valence-corrected chi connectivity index (χ2v) is 8.93. The van der Waals surface area contributed by atoms with E-state index < -0.39 is 0 Å². The fraction of sp³-hybridized carbons (Fsp3) is 0.323. The third-order valence-corrected chi connectivity index (χ3v) is 6.69. The Kier molecular flexibility index (Phi) is 11.0. The average molecular weight is 518 g/mol. The molecule has 1 unspecified atom stereocenters. The highest BCUT2D eigenvalue weighted by Crippen LogP contribution is 2.41. The van der Waals surface area contributed by atoms with Crippen LogP contribution >= 0.6 is 11.3 Å². The molecule has 0 radical (unpaired) electrons. The van der Waals surface area contributed by atoms with Crippen LogP contribution in [0.4, 0.5) is 4.39 Å². The molecule has 1 atom stereocenters. The molecule has 37 heavy (non-hydrogen) atoms. The van der Waals surface area contributed by atoms with Crippen molar-refractivity contribution in [3.63, 3.8) is 0 Å². The van der Waals surface area contributed by atoms with Crippen molar-refractivity contribution in [2.24, 2.45) is 0 Å². The molecule has 4 nitrogen and oxygen atoms in total. The van der Waals surface area contributed by atoms with Crippen LogP contribution in [0.3, 0.4) is 0 Å². The standard InChI is InChI=1S/C27H24FN3OS.2C2H6/c1-2-8-19-12-13-20(15-22(19)28)21-17-33-25-24(21)30-26(23-11-6-7-14-29-23)31-27(25)32-16-18-9-4-3-5-10-18;2*1-2/h3-7,9-12,14-15,17,20H,2,8,13,16H2,1H3;2*1-2H3. The first-order valence-electron chi connectivity index (χ1n) is 13.2. The Morgan fingerprint density at radius 3 is 2.43 bits per heavy atom. The van der Waals surface area contributed by atoms with Gasteiger partial charge < -0.3 is 4.74 Å². The molecule has 0 saturated heterocycles. The summed E-state index contributed by atoms with van der Waals surface area (Å²) in [6, 6.07) is 15.7. The lowest BCUT2D eigenvalue weighted by molar-refractivity contribution is 0.298. The zero-order valence-electron chi connectivity index (χ0n) is 22.4. The smallest absolute Gasteiger partial charge is 0.235 e. The molecule has 5 rings (SSSR count). The summed E-state index contributed by atoms with van der Waals surface area (Å²) in [7, 11) is 0. The van der Waals surface area contributed by atoms with Crippen molar-refractivity contribution in [2.45, 2.75) is 66.4 Å². The van der Waals surface area contributed by atoms with Crippen LogP contribution < -0.4 is 4.74 Å². The highest BCUT2D eigenvalue weighted by Gasteiger charge is 2.23. The highest BCUT2D eigenvalue weighted by atomic mass is 32.1. The molecule has 0 N–H and O–H groups in total. The van der Waals surface area contributed by atoms with Gasteiger partial charge in [-0.1, -0.05) is 83.5 Å². The van der Waals surface area contributed by atoms with Crippen molar-refractivity contribution in [1.29, 1.82) is 0 Å². The topological polar surface area (TPSA) is 47.9 Å². The maximum atomic E-state index is 14.7. The molecule has 0 fully saturated rings. The molecule has 0 spiro atoms. The van der Waals surface area contributed by atoms with E-state index in [1.165, 1.54) is 0 Å². The molecule has 1 aliphatic carbocycles. The van der Waals surface area contributed by atoms with E-state index in [-0.39, 0.29) is 11.7 Å². The number of rotatable bonds is 7. The molecule has 3 heterocycles. The first-order valence-corrected chi connectivity index (χ1v) is 14.0. The molecule has 194 valence electrons. The molecule has 1 aliphatic rings.